The number of alkyl halides is 3. The number of nitrogens with zero attached hydrogens (tertiary/aromatic N) is 3. The fourth-order valence-electron chi connectivity index (χ4n) is 2.81. The molecule has 4 aromatic rings. The monoisotopic (exact) mass is 428 g/mol. The van der Waals surface area contributed by atoms with Gasteiger partial charge in [0.1, 0.15) is 12.4 Å². The van der Waals surface area contributed by atoms with Crippen LogP contribution in [0.3, 0.4) is 0 Å². The molecule has 0 aliphatic heterocycles. The molecule has 7 nitrogen and oxygen atoms in total. The van der Waals surface area contributed by atoms with Crippen LogP contribution in [0.2, 0.25) is 0 Å². The highest BCUT2D eigenvalue weighted by molar-refractivity contribution is 5.97. The van der Waals surface area contributed by atoms with E-state index in [-0.39, 0.29) is 24.9 Å². The number of nitrogens with one attached hydrogen (secondary N) is 1. The minimum atomic E-state index is -4.69. The minimum absolute atomic E-state index is 0.170. The number of rotatable bonds is 6. The standard InChI is InChI=1S/C21H15F3N4O3/c22-21(23,24)20-27-18(28-31-20)13-3-6-16(7-4-13)30-11-10-26-19(29)15-5-8-17-14(12-15)2-1-9-25-17/h1-9,12H,10-11H2,(H,26,29). The van der Waals surface area contributed by atoms with Crippen molar-refractivity contribution in [3.63, 3.8) is 0 Å². The lowest BCUT2D eigenvalue weighted by Gasteiger charge is -2.08. The second-order valence-corrected chi connectivity index (χ2v) is 6.46. The van der Waals surface area contributed by atoms with Crippen LogP contribution in [0.1, 0.15) is 16.2 Å². The Bertz CT molecular complexity index is 1210. The number of benzene rings is 2. The van der Waals surface area contributed by atoms with Gasteiger partial charge in [-0.3, -0.25) is 9.78 Å². The average Bonchev–Trinajstić information content (AvgIpc) is 3.28. The topological polar surface area (TPSA) is 90.1 Å². The highest BCUT2D eigenvalue weighted by atomic mass is 19.4. The van der Waals surface area contributed by atoms with Crippen LogP contribution in [0.15, 0.2) is 65.3 Å². The SMILES string of the molecule is O=C(NCCOc1ccc(-c2noc(C(F)(F)F)n2)cc1)c1ccc2ncccc2c1. The Labute approximate surface area is 173 Å². The predicted octanol–water partition coefficient (Wildman–Crippen LogP) is 4.11. The molecular formula is C21H15F3N4O3. The van der Waals surface area contributed by atoms with Crippen LogP contribution < -0.4 is 10.1 Å². The van der Waals surface area contributed by atoms with Crippen LogP contribution in [-0.4, -0.2) is 34.2 Å². The highest BCUT2D eigenvalue weighted by Crippen LogP contribution is 2.29. The molecule has 0 bridgehead atoms. The third-order valence-corrected chi connectivity index (χ3v) is 4.30. The normalized spacial score (nSPS) is 11.5. The van der Waals surface area contributed by atoms with Gasteiger partial charge in [-0.2, -0.15) is 18.2 Å². The van der Waals surface area contributed by atoms with Crippen LogP contribution in [0.25, 0.3) is 22.3 Å². The van der Waals surface area contributed by atoms with Gasteiger partial charge in [-0.15, -0.1) is 0 Å². The van der Waals surface area contributed by atoms with Gasteiger partial charge in [0.05, 0.1) is 12.1 Å². The van der Waals surface area contributed by atoms with Crippen LogP contribution in [0, 0.1) is 0 Å². The van der Waals surface area contributed by atoms with Gasteiger partial charge < -0.3 is 14.6 Å². The molecule has 0 unspecified atom stereocenters. The summed E-state index contributed by atoms with van der Waals surface area (Å²) in [4.78, 5) is 19.8. The van der Waals surface area contributed by atoms with Gasteiger partial charge in [0, 0.05) is 22.7 Å². The number of halogens is 3. The molecule has 0 saturated carbocycles. The van der Waals surface area contributed by atoms with Crippen molar-refractivity contribution >= 4 is 16.8 Å². The zero-order valence-corrected chi connectivity index (χ0v) is 15.9. The Kier molecular flexibility index (Phi) is 5.52. The lowest BCUT2D eigenvalue weighted by Crippen LogP contribution is -2.28. The van der Waals surface area contributed by atoms with Gasteiger partial charge in [0.15, 0.2) is 0 Å². The molecule has 0 aliphatic rings. The average molecular weight is 428 g/mol. The maximum Gasteiger partial charge on any atom is 0.471 e. The van der Waals surface area contributed by atoms with Crippen molar-refractivity contribution in [2.45, 2.75) is 6.18 Å². The Balaban J connectivity index is 1.28. The molecule has 1 N–H and O–H groups in total. The molecule has 31 heavy (non-hydrogen) atoms. The summed E-state index contributed by atoms with van der Waals surface area (Å²) in [6.45, 7) is 0.478. The van der Waals surface area contributed by atoms with Crippen LogP contribution in [0.5, 0.6) is 5.75 Å². The third kappa shape index (κ3) is 4.80. The van der Waals surface area contributed by atoms with E-state index < -0.39 is 12.1 Å². The van der Waals surface area contributed by atoms with Gasteiger partial charge >= 0.3 is 12.1 Å². The van der Waals surface area contributed by atoms with Crippen molar-refractivity contribution in [3.8, 4) is 17.1 Å². The van der Waals surface area contributed by atoms with Crippen molar-refractivity contribution in [2.24, 2.45) is 0 Å². The van der Waals surface area contributed by atoms with Gasteiger partial charge in [-0.1, -0.05) is 11.2 Å². The first kappa shape index (κ1) is 20.3. The van der Waals surface area contributed by atoms with E-state index in [4.69, 9.17) is 4.74 Å². The molecule has 4 rings (SSSR count). The molecule has 0 spiro atoms. The number of pyridine rings is 1. The minimum Gasteiger partial charge on any atom is -0.492 e. The van der Waals surface area contributed by atoms with E-state index in [2.05, 4.69) is 25.0 Å². The van der Waals surface area contributed by atoms with E-state index in [9.17, 15) is 18.0 Å². The first-order valence-electron chi connectivity index (χ1n) is 9.17. The smallest absolute Gasteiger partial charge is 0.471 e. The summed E-state index contributed by atoms with van der Waals surface area (Å²) in [6.07, 6.45) is -3.00. The zero-order valence-electron chi connectivity index (χ0n) is 15.9. The third-order valence-electron chi connectivity index (χ3n) is 4.30. The van der Waals surface area contributed by atoms with Crippen molar-refractivity contribution in [1.82, 2.24) is 20.4 Å². The fraction of sp³-hybridized carbons (Fsp3) is 0.143. The molecule has 2 aromatic heterocycles. The molecule has 1 amide bonds. The summed E-state index contributed by atoms with van der Waals surface area (Å²) in [6, 6.07) is 15.1. The second-order valence-electron chi connectivity index (χ2n) is 6.46. The maximum atomic E-state index is 12.5. The fourth-order valence-corrected chi connectivity index (χ4v) is 2.81. The Hall–Kier alpha value is -3.95. The van der Waals surface area contributed by atoms with Gasteiger partial charge in [-0.25, -0.2) is 0 Å². The summed E-state index contributed by atoms with van der Waals surface area (Å²) < 4.78 is 47.4. The van der Waals surface area contributed by atoms with E-state index in [0.717, 1.165) is 10.9 Å². The van der Waals surface area contributed by atoms with Crippen LogP contribution >= 0.6 is 0 Å². The Morgan fingerprint density at radius 3 is 2.65 bits per heavy atom. The number of carbonyl (C=O) groups is 1. The molecule has 2 aromatic carbocycles. The summed E-state index contributed by atoms with van der Waals surface area (Å²) in [5.74, 6) is -1.32. The molecule has 0 radical (unpaired) electrons. The molecule has 0 aliphatic carbocycles. The summed E-state index contributed by atoms with van der Waals surface area (Å²) in [7, 11) is 0. The molecule has 0 fully saturated rings. The molecule has 158 valence electrons. The number of carbonyl (C=O) groups excluding carboxylic acids is 1. The van der Waals surface area contributed by atoms with E-state index >= 15 is 0 Å². The lowest BCUT2D eigenvalue weighted by atomic mass is 10.1. The summed E-state index contributed by atoms with van der Waals surface area (Å²) >= 11 is 0. The molecular weight excluding hydrogens is 413 g/mol. The predicted molar refractivity (Wildman–Crippen MR) is 104 cm³/mol. The number of hydrogen-bond donors (Lipinski definition) is 1. The summed E-state index contributed by atoms with van der Waals surface area (Å²) in [5, 5.41) is 6.96. The number of ether oxygens (including phenoxy) is 1. The number of amides is 1. The molecule has 0 saturated heterocycles. The number of hydrogen-bond acceptors (Lipinski definition) is 6. The summed E-state index contributed by atoms with van der Waals surface area (Å²) in [5.41, 5.74) is 1.68. The van der Waals surface area contributed by atoms with Crippen LogP contribution in [-0.2, 0) is 6.18 Å². The van der Waals surface area contributed by atoms with E-state index in [1.807, 2.05) is 6.07 Å². The second kappa shape index (κ2) is 8.42. The largest absolute Gasteiger partial charge is 0.492 e. The Morgan fingerprint density at radius 1 is 1.10 bits per heavy atom. The van der Waals surface area contributed by atoms with E-state index in [0.29, 0.717) is 16.9 Å². The zero-order chi connectivity index (χ0) is 21.8. The Morgan fingerprint density at radius 2 is 1.90 bits per heavy atom. The molecule has 10 heteroatoms. The number of aromatic nitrogens is 3. The van der Waals surface area contributed by atoms with E-state index in [1.165, 1.54) is 12.1 Å². The highest BCUT2D eigenvalue weighted by Gasteiger charge is 2.38. The van der Waals surface area contributed by atoms with Gasteiger partial charge in [0.2, 0.25) is 5.82 Å². The van der Waals surface area contributed by atoms with E-state index in [1.54, 1.807) is 42.6 Å². The van der Waals surface area contributed by atoms with Gasteiger partial charge in [-0.05, 0) is 48.5 Å². The lowest BCUT2D eigenvalue weighted by molar-refractivity contribution is -0.159. The molecule has 0 atom stereocenters. The van der Waals surface area contributed by atoms with Crippen molar-refractivity contribution in [3.05, 3.63) is 72.2 Å². The van der Waals surface area contributed by atoms with Gasteiger partial charge in [0.25, 0.3) is 5.91 Å². The van der Waals surface area contributed by atoms with Crippen LogP contribution in [0.4, 0.5) is 13.2 Å². The number of fused-ring (bicyclic) bond motifs is 1. The van der Waals surface area contributed by atoms with Crippen molar-refractivity contribution < 1.29 is 27.2 Å². The first-order valence-corrected chi connectivity index (χ1v) is 9.17. The maximum absolute atomic E-state index is 12.5. The quantitative estimate of drug-likeness (QED) is 0.465. The first-order chi connectivity index (χ1) is 14.9. The molecule has 2 heterocycles. The van der Waals surface area contributed by atoms with Crippen molar-refractivity contribution in [1.29, 1.82) is 0 Å². The van der Waals surface area contributed by atoms with Crippen molar-refractivity contribution in [2.75, 3.05) is 13.2 Å².